The molecule has 146 valence electrons. The summed E-state index contributed by atoms with van der Waals surface area (Å²) < 4.78 is 40.4. The van der Waals surface area contributed by atoms with Crippen molar-refractivity contribution in [2.75, 3.05) is 11.4 Å². The minimum atomic E-state index is -4.44. The quantitative estimate of drug-likeness (QED) is 0.619. The highest BCUT2D eigenvalue weighted by atomic mass is 19.4. The molecule has 4 nitrogen and oxygen atoms in total. The number of rotatable bonds is 4. The van der Waals surface area contributed by atoms with Crippen LogP contribution in [0.25, 0.3) is 5.69 Å². The first-order valence-corrected chi connectivity index (χ1v) is 8.83. The second kappa shape index (κ2) is 7.50. The highest BCUT2D eigenvalue weighted by molar-refractivity contribution is 6.07. The van der Waals surface area contributed by atoms with Crippen molar-refractivity contribution >= 4 is 11.6 Å². The second-order valence-corrected chi connectivity index (χ2v) is 6.44. The van der Waals surface area contributed by atoms with Crippen LogP contribution in [0.1, 0.15) is 34.1 Å². The maximum atomic E-state index is 13.1. The highest BCUT2D eigenvalue weighted by Gasteiger charge is 2.31. The van der Waals surface area contributed by atoms with Crippen molar-refractivity contribution in [3.05, 3.63) is 77.1 Å². The van der Waals surface area contributed by atoms with Crippen molar-refractivity contribution < 1.29 is 18.0 Å². The number of hydrogen-bond donors (Lipinski definition) is 0. The molecule has 1 aromatic heterocycles. The van der Waals surface area contributed by atoms with Crippen LogP contribution in [0.2, 0.25) is 0 Å². The molecule has 1 heterocycles. The second-order valence-electron chi connectivity index (χ2n) is 6.44. The van der Waals surface area contributed by atoms with Gasteiger partial charge in [0.05, 0.1) is 28.7 Å². The Bertz CT molecular complexity index is 1010. The molecule has 0 aliphatic rings. The monoisotopic (exact) mass is 387 g/mol. The van der Waals surface area contributed by atoms with Crippen molar-refractivity contribution in [2.45, 2.75) is 26.9 Å². The van der Waals surface area contributed by atoms with Crippen LogP contribution in [-0.4, -0.2) is 22.2 Å². The summed E-state index contributed by atoms with van der Waals surface area (Å²) in [5.41, 5.74) is 2.08. The van der Waals surface area contributed by atoms with E-state index in [0.29, 0.717) is 17.8 Å². The van der Waals surface area contributed by atoms with Crippen LogP contribution in [-0.2, 0) is 6.18 Å². The molecule has 2 aromatic carbocycles. The summed E-state index contributed by atoms with van der Waals surface area (Å²) >= 11 is 0. The van der Waals surface area contributed by atoms with Gasteiger partial charge in [0.15, 0.2) is 0 Å². The van der Waals surface area contributed by atoms with Gasteiger partial charge < -0.3 is 4.90 Å². The van der Waals surface area contributed by atoms with Gasteiger partial charge in [-0.3, -0.25) is 4.79 Å². The van der Waals surface area contributed by atoms with Gasteiger partial charge in [-0.1, -0.05) is 24.3 Å². The van der Waals surface area contributed by atoms with Crippen molar-refractivity contribution in [2.24, 2.45) is 0 Å². The Kier molecular flexibility index (Phi) is 5.27. The minimum absolute atomic E-state index is 0.243. The highest BCUT2D eigenvalue weighted by Crippen LogP contribution is 2.31. The van der Waals surface area contributed by atoms with Gasteiger partial charge in [-0.2, -0.15) is 18.3 Å². The number of hydrogen-bond acceptors (Lipinski definition) is 2. The van der Waals surface area contributed by atoms with Crippen molar-refractivity contribution in [3.8, 4) is 5.69 Å². The van der Waals surface area contributed by atoms with Gasteiger partial charge in [0, 0.05) is 12.2 Å². The average Bonchev–Trinajstić information content (AvgIpc) is 3.04. The summed E-state index contributed by atoms with van der Waals surface area (Å²) in [6.07, 6.45) is -3.04. The third-order valence-corrected chi connectivity index (χ3v) is 4.63. The summed E-state index contributed by atoms with van der Waals surface area (Å²) in [4.78, 5) is 14.7. The van der Waals surface area contributed by atoms with Gasteiger partial charge in [0.1, 0.15) is 0 Å². The largest absolute Gasteiger partial charge is 0.416 e. The fourth-order valence-corrected chi connectivity index (χ4v) is 3.13. The molecule has 0 atom stereocenters. The van der Waals surface area contributed by atoms with Crippen LogP contribution in [0, 0.1) is 13.8 Å². The summed E-state index contributed by atoms with van der Waals surface area (Å²) in [5, 5.41) is 4.16. The van der Waals surface area contributed by atoms with Crippen LogP contribution < -0.4 is 4.90 Å². The molecule has 1 amide bonds. The van der Waals surface area contributed by atoms with Gasteiger partial charge in [-0.15, -0.1) is 0 Å². The number of alkyl halides is 3. The maximum absolute atomic E-state index is 13.1. The molecule has 0 fully saturated rings. The first-order chi connectivity index (χ1) is 13.2. The minimum Gasteiger partial charge on any atom is -0.308 e. The first kappa shape index (κ1) is 19.7. The fraction of sp³-hybridized carbons (Fsp3) is 0.238. The van der Waals surface area contributed by atoms with Crippen LogP contribution in [0.5, 0.6) is 0 Å². The lowest BCUT2D eigenvalue weighted by Crippen LogP contribution is -2.31. The van der Waals surface area contributed by atoms with Crippen LogP contribution in [0.4, 0.5) is 18.9 Å². The van der Waals surface area contributed by atoms with Gasteiger partial charge >= 0.3 is 6.18 Å². The molecule has 7 heteroatoms. The number of benzene rings is 2. The Hall–Kier alpha value is -3.09. The predicted octanol–water partition coefficient (Wildman–Crippen LogP) is 5.17. The lowest BCUT2D eigenvalue weighted by atomic mass is 10.1. The Labute approximate surface area is 161 Å². The molecular weight excluding hydrogens is 367 g/mol. The van der Waals surface area contributed by atoms with Gasteiger partial charge in [0.2, 0.25) is 0 Å². The van der Waals surface area contributed by atoms with Crippen LogP contribution >= 0.6 is 0 Å². The van der Waals surface area contributed by atoms with Crippen molar-refractivity contribution in [1.29, 1.82) is 0 Å². The Morgan fingerprint density at radius 3 is 2.46 bits per heavy atom. The molecule has 3 aromatic rings. The molecule has 0 radical (unpaired) electrons. The Morgan fingerprint density at radius 1 is 1.11 bits per heavy atom. The summed E-state index contributed by atoms with van der Waals surface area (Å²) in [5.74, 6) is -0.243. The first-order valence-electron chi connectivity index (χ1n) is 8.83. The smallest absolute Gasteiger partial charge is 0.308 e. The topological polar surface area (TPSA) is 38.1 Å². The lowest BCUT2D eigenvalue weighted by molar-refractivity contribution is -0.137. The van der Waals surface area contributed by atoms with Crippen molar-refractivity contribution in [3.63, 3.8) is 0 Å². The zero-order valence-corrected chi connectivity index (χ0v) is 15.8. The zero-order valence-electron chi connectivity index (χ0n) is 15.8. The van der Waals surface area contributed by atoms with Gasteiger partial charge in [-0.05, 0) is 50.6 Å². The predicted molar refractivity (Wildman–Crippen MR) is 102 cm³/mol. The molecule has 0 N–H and O–H groups in total. The van der Waals surface area contributed by atoms with E-state index < -0.39 is 11.7 Å². The number of nitrogens with zero attached hydrogens (tertiary/aromatic N) is 3. The van der Waals surface area contributed by atoms with Crippen LogP contribution in [0.3, 0.4) is 0 Å². The molecule has 0 bridgehead atoms. The molecule has 3 rings (SSSR count). The molecule has 28 heavy (non-hydrogen) atoms. The van der Waals surface area contributed by atoms with E-state index in [9.17, 15) is 18.0 Å². The number of aryl methyl sites for hydroxylation is 1. The Morgan fingerprint density at radius 2 is 1.82 bits per heavy atom. The van der Waals surface area contributed by atoms with E-state index >= 15 is 0 Å². The number of carbonyl (C=O) groups excluding carboxylic acids is 1. The van der Waals surface area contributed by atoms with E-state index in [1.54, 1.807) is 11.8 Å². The summed E-state index contributed by atoms with van der Waals surface area (Å²) in [6.45, 7) is 5.92. The third-order valence-electron chi connectivity index (χ3n) is 4.63. The number of aromatic nitrogens is 2. The number of amides is 1. The van der Waals surface area contributed by atoms with Crippen LogP contribution in [0.15, 0.2) is 54.7 Å². The average molecular weight is 387 g/mol. The van der Waals surface area contributed by atoms with E-state index in [2.05, 4.69) is 5.10 Å². The van der Waals surface area contributed by atoms with E-state index in [4.69, 9.17) is 0 Å². The third kappa shape index (κ3) is 3.65. The standard InChI is InChI=1S/C21H20F3N3O/c1-4-26(19-11-6-5-8-14(19)2)20(28)18-13-25-27(15(18)3)17-10-7-9-16(12-17)21(22,23)24/h5-13H,4H2,1-3H3. The molecule has 0 spiro atoms. The molecule has 0 unspecified atom stereocenters. The molecule has 0 saturated heterocycles. The molecular formula is C21H20F3N3O. The van der Waals surface area contributed by atoms with E-state index in [1.165, 1.54) is 23.0 Å². The lowest BCUT2D eigenvalue weighted by Gasteiger charge is -2.22. The summed E-state index contributed by atoms with van der Waals surface area (Å²) in [7, 11) is 0. The van der Waals surface area contributed by atoms with Gasteiger partial charge in [-0.25, -0.2) is 4.68 Å². The number of halogens is 3. The SMILES string of the molecule is CCN(C(=O)c1cnn(-c2cccc(C(F)(F)F)c2)c1C)c1ccccc1C. The van der Waals surface area contributed by atoms with Gasteiger partial charge in [0.25, 0.3) is 5.91 Å². The normalized spacial score (nSPS) is 11.5. The maximum Gasteiger partial charge on any atom is 0.416 e. The number of anilines is 1. The van der Waals surface area contributed by atoms with E-state index in [1.807, 2.05) is 38.1 Å². The molecule has 0 aliphatic heterocycles. The molecule has 0 saturated carbocycles. The fourth-order valence-electron chi connectivity index (χ4n) is 3.13. The van der Waals surface area contributed by atoms with E-state index in [-0.39, 0.29) is 11.6 Å². The van der Waals surface area contributed by atoms with E-state index in [0.717, 1.165) is 23.4 Å². The molecule has 0 aliphatic carbocycles. The summed E-state index contributed by atoms with van der Waals surface area (Å²) in [6, 6.07) is 12.4. The number of para-hydroxylation sites is 1. The van der Waals surface area contributed by atoms with Crippen molar-refractivity contribution in [1.82, 2.24) is 9.78 Å². The number of carbonyl (C=O) groups is 1. The Balaban J connectivity index is 1.99. The zero-order chi connectivity index (χ0) is 20.5.